The number of alkyl halides is 5. The third-order valence-corrected chi connectivity index (χ3v) is 4.37. The number of benzene rings is 1. The molecule has 0 radical (unpaired) electrons. The fourth-order valence-corrected chi connectivity index (χ4v) is 3.01. The lowest BCUT2D eigenvalue weighted by Gasteiger charge is -2.23. The number of nitrogens with zero attached hydrogens (tertiary/aromatic N) is 2. The first-order valence-corrected chi connectivity index (χ1v) is 7.95. The summed E-state index contributed by atoms with van der Waals surface area (Å²) in [5, 5.41) is 9.65. The van der Waals surface area contributed by atoms with Gasteiger partial charge in [-0.25, -0.2) is 18.6 Å². The quantitative estimate of drug-likeness (QED) is 0.782. The van der Waals surface area contributed by atoms with Gasteiger partial charge < -0.3 is 10.0 Å². The van der Waals surface area contributed by atoms with E-state index in [0.29, 0.717) is 0 Å². The van der Waals surface area contributed by atoms with Crippen LogP contribution in [0.25, 0.3) is 10.9 Å². The molecule has 1 saturated heterocycles. The molecule has 0 bridgehead atoms. The van der Waals surface area contributed by atoms with E-state index in [4.69, 9.17) is 0 Å². The second kappa shape index (κ2) is 6.37. The minimum atomic E-state index is -4.56. The minimum Gasteiger partial charge on any atom is -0.478 e. The van der Waals surface area contributed by atoms with Crippen LogP contribution in [-0.4, -0.2) is 35.1 Å². The summed E-state index contributed by atoms with van der Waals surface area (Å²) < 4.78 is 65.8. The van der Waals surface area contributed by atoms with Gasteiger partial charge >= 0.3 is 12.1 Å². The highest BCUT2D eigenvalue weighted by molar-refractivity contribution is 5.98. The molecule has 0 spiro atoms. The summed E-state index contributed by atoms with van der Waals surface area (Å²) in [5.41, 5.74) is -1.16. The van der Waals surface area contributed by atoms with E-state index in [1.807, 2.05) is 0 Å². The van der Waals surface area contributed by atoms with Crippen molar-refractivity contribution < 1.29 is 31.9 Å². The lowest BCUT2D eigenvalue weighted by molar-refractivity contribution is -0.137. The van der Waals surface area contributed by atoms with Crippen LogP contribution in [-0.2, 0) is 6.18 Å². The predicted molar refractivity (Wildman–Crippen MR) is 84.7 cm³/mol. The fraction of sp³-hybridized carbons (Fsp3) is 0.412. The number of hydrogen-bond acceptors (Lipinski definition) is 3. The van der Waals surface area contributed by atoms with E-state index in [0.717, 1.165) is 18.2 Å². The number of pyridine rings is 1. The standard InChI is InChI=1S/C17H15F5N2O2/c18-16(19)4-1-6-24(7-5-16)14-12(15(25)26)8-10-2-3-11(17(20,21)22)9-13(10)23-14/h2-3,8-9H,1,4-7H2,(H,25,26). The van der Waals surface area contributed by atoms with Gasteiger partial charge in [-0.05, 0) is 24.6 Å². The maximum absolute atomic E-state index is 13.6. The molecule has 140 valence electrons. The van der Waals surface area contributed by atoms with E-state index in [9.17, 15) is 31.9 Å². The van der Waals surface area contributed by atoms with Gasteiger partial charge in [0.15, 0.2) is 0 Å². The molecule has 1 aromatic heterocycles. The zero-order valence-electron chi connectivity index (χ0n) is 13.5. The first-order chi connectivity index (χ1) is 12.1. The molecule has 0 atom stereocenters. The molecule has 0 aliphatic carbocycles. The van der Waals surface area contributed by atoms with Gasteiger partial charge in [-0.2, -0.15) is 13.2 Å². The molecule has 0 unspecified atom stereocenters. The molecule has 4 nitrogen and oxygen atoms in total. The highest BCUT2D eigenvalue weighted by atomic mass is 19.4. The first kappa shape index (κ1) is 18.3. The van der Waals surface area contributed by atoms with Crippen LogP contribution in [0.15, 0.2) is 24.3 Å². The highest BCUT2D eigenvalue weighted by Gasteiger charge is 2.34. The second-order valence-electron chi connectivity index (χ2n) is 6.27. The third kappa shape index (κ3) is 3.71. The molecule has 1 aromatic carbocycles. The van der Waals surface area contributed by atoms with Crippen LogP contribution in [0.2, 0.25) is 0 Å². The summed E-state index contributed by atoms with van der Waals surface area (Å²) >= 11 is 0. The SMILES string of the molecule is O=C(O)c1cc2ccc(C(F)(F)F)cc2nc1N1CCCC(F)(F)CC1. The maximum Gasteiger partial charge on any atom is 0.416 e. The largest absolute Gasteiger partial charge is 0.478 e. The number of carboxylic acids is 1. The number of rotatable bonds is 2. The zero-order chi connectivity index (χ0) is 19.1. The van der Waals surface area contributed by atoms with E-state index >= 15 is 0 Å². The van der Waals surface area contributed by atoms with Crippen molar-refractivity contribution in [1.82, 2.24) is 4.98 Å². The minimum absolute atomic E-state index is 0.0316. The Hall–Kier alpha value is -2.45. The number of anilines is 1. The Kier molecular flexibility index (Phi) is 4.49. The highest BCUT2D eigenvalue weighted by Crippen LogP contribution is 2.34. The van der Waals surface area contributed by atoms with Crippen LogP contribution in [0.4, 0.5) is 27.8 Å². The molecular weight excluding hydrogens is 359 g/mol. The summed E-state index contributed by atoms with van der Waals surface area (Å²) in [6.45, 7) is 0.0398. The first-order valence-electron chi connectivity index (χ1n) is 7.95. The normalized spacial score (nSPS) is 18.0. The molecule has 26 heavy (non-hydrogen) atoms. The van der Waals surface area contributed by atoms with Crippen molar-refractivity contribution in [3.8, 4) is 0 Å². The molecule has 9 heteroatoms. The molecule has 1 N–H and O–H groups in total. The second-order valence-corrected chi connectivity index (χ2v) is 6.27. The molecule has 0 amide bonds. The van der Waals surface area contributed by atoms with Crippen LogP contribution in [0.1, 0.15) is 35.2 Å². The molecule has 2 heterocycles. The molecule has 2 aromatic rings. The van der Waals surface area contributed by atoms with Crippen molar-refractivity contribution in [1.29, 1.82) is 0 Å². The number of fused-ring (bicyclic) bond motifs is 1. The van der Waals surface area contributed by atoms with Gasteiger partial charge in [0.2, 0.25) is 5.92 Å². The average Bonchev–Trinajstić information content (AvgIpc) is 2.72. The topological polar surface area (TPSA) is 53.4 Å². The summed E-state index contributed by atoms with van der Waals surface area (Å²) in [5.74, 6) is -4.24. The molecule has 1 aliphatic rings. The van der Waals surface area contributed by atoms with Crippen molar-refractivity contribution >= 4 is 22.7 Å². The van der Waals surface area contributed by atoms with Crippen LogP contribution in [0.3, 0.4) is 0 Å². The van der Waals surface area contributed by atoms with Crippen molar-refractivity contribution in [2.75, 3.05) is 18.0 Å². The van der Waals surface area contributed by atoms with Gasteiger partial charge in [0.1, 0.15) is 11.4 Å². The Labute approximate surface area is 145 Å². The molecular formula is C17H15F5N2O2. The lowest BCUT2D eigenvalue weighted by Crippen LogP contribution is -2.28. The van der Waals surface area contributed by atoms with Gasteiger partial charge in [-0.1, -0.05) is 6.07 Å². The summed E-state index contributed by atoms with van der Waals surface area (Å²) in [7, 11) is 0. The Morgan fingerprint density at radius 3 is 2.54 bits per heavy atom. The van der Waals surface area contributed by atoms with Crippen LogP contribution in [0, 0.1) is 0 Å². The number of aromatic nitrogens is 1. The van der Waals surface area contributed by atoms with Crippen molar-refractivity contribution in [3.05, 3.63) is 35.4 Å². The van der Waals surface area contributed by atoms with E-state index in [1.165, 1.54) is 11.0 Å². The smallest absolute Gasteiger partial charge is 0.416 e. The number of halogens is 5. The Balaban J connectivity index is 2.09. The summed E-state index contributed by atoms with van der Waals surface area (Å²) in [4.78, 5) is 17.0. The van der Waals surface area contributed by atoms with Gasteiger partial charge in [0.25, 0.3) is 0 Å². The van der Waals surface area contributed by atoms with Crippen LogP contribution in [0.5, 0.6) is 0 Å². The van der Waals surface area contributed by atoms with E-state index in [2.05, 4.69) is 4.98 Å². The predicted octanol–water partition coefficient (Wildman–Crippen LogP) is 4.58. The molecule has 1 aliphatic heterocycles. The van der Waals surface area contributed by atoms with Gasteiger partial charge in [0, 0.05) is 31.3 Å². The monoisotopic (exact) mass is 374 g/mol. The maximum atomic E-state index is 13.6. The number of carbonyl (C=O) groups is 1. The molecule has 3 rings (SSSR count). The number of hydrogen-bond donors (Lipinski definition) is 1. The van der Waals surface area contributed by atoms with E-state index in [-0.39, 0.29) is 48.2 Å². The Morgan fingerprint density at radius 1 is 1.15 bits per heavy atom. The van der Waals surface area contributed by atoms with Gasteiger partial charge in [-0.3, -0.25) is 0 Å². The lowest BCUT2D eigenvalue weighted by atomic mass is 10.1. The molecule has 1 fully saturated rings. The summed E-state index contributed by atoms with van der Waals surface area (Å²) in [6.07, 6.45) is -5.22. The average molecular weight is 374 g/mol. The van der Waals surface area contributed by atoms with Crippen molar-refractivity contribution in [2.45, 2.75) is 31.4 Å². The van der Waals surface area contributed by atoms with Gasteiger partial charge in [0.05, 0.1) is 11.1 Å². The van der Waals surface area contributed by atoms with Crippen LogP contribution >= 0.6 is 0 Å². The zero-order valence-corrected chi connectivity index (χ0v) is 13.5. The van der Waals surface area contributed by atoms with E-state index < -0.39 is 30.1 Å². The summed E-state index contributed by atoms with van der Waals surface area (Å²) in [6, 6.07) is 4.06. The molecule has 0 saturated carbocycles. The van der Waals surface area contributed by atoms with Gasteiger partial charge in [-0.15, -0.1) is 0 Å². The van der Waals surface area contributed by atoms with Crippen LogP contribution < -0.4 is 4.90 Å². The van der Waals surface area contributed by atoms with Crippen molar-refractivity contribution in [2.24, 2.45) is 0 Å². The van der Waals surface area contributed by atoms with E-state index in [1.54, 1.807) is 0 Å². The Morgan fingerprint density at radius 2 is 1.88 bits per heavy atom. The Bertz CT molecular complexity index is 851. The third-order valence-electron chi connectivity index (χ3n) is 4.37. The van der Waals surface area contributed by atoms with Crippen molar-refractivity contribution in [3.63, 3.8) is 0 Å². The number of carboxylic acid groups (broad SMARTS) is 1. The fourth-order valence-electron chi connectivity index (χ4n) is 3.01. The number of aromatic carboxylic acids is 1.